The number of hydrogen-bond donors (Lipinski definition) is 0. The van der Waals surface area contributed by atoms with E-state index in [0.29, 0.717) is 11.4 Å². The van der Waals surface area contributed by atoms with E-state index in [9.17, 15) is 4.79 Å². The van der Waals surface area contributed by atoms with Crippen LogP contribution in [0.15, 0.2) is 78.9 Å². The third-order valence-electron chi connectivity index (χ3n) is 3.53. The van der Waals surface area contributed by atoms with E-state index in [2.05, 4.69) is 27.7 Å². The number of carbonyl (C=O) groups is 1. The van der Waals surface area contributed by atoms with Crippen molar-refractivity contribution >= 4 is 17.4 Å². The van der Waals surface area contributed by atoms with Crippen LogP contribution in [-0.4, -0.2) is 32.1 Å². The predicted octanol–water partition coefficient (Wildman–Crippen LogP) is 6.07. The number of benzene rings is 3. The van der Waals surface area contributed by atoms with E-state index >= 15 is 0 Å². The molecule has 5 nitrogen and oxygen atoms in total. The summed E-state index contributed by atoms with van der Waals surface area (Å²) in [6.07, 6.45) is 0. The van der Waals surface area contributed by atoms with Gasteiger partial charge in [-0.25, -0.2) is 0 Å². The van der Waals surface area contributed by atoms with Gasteiger partial charge < -0.3 is 25.1 Å². The summed E-state index contributed by atoms with van der Waals surface area (Å²) >= 11 is 0. The van der Waals surface area contributed by atoms with Crippen molar-refractivity contribution in [2.45, 2.75) is 6.54 Å². The standard InChI is InChI=1S/C13H11N2O.C10H14NO.Au/c16-13(14-11-7-3-1-4-8-11)15-12-9-5-2-6-10-12;1-11(2)8-9-4-6-10(12-3)7-5-9;/h1-10H,(H-,14,15,16);4-6H,8H2,1-3H3;/q2*-1;+3/p-1. The fourth-order valence-electron chi connectivity index (χ4n) is 2.28. The summed E-state index contributed by atoms with van der Waals surface area (Å²) in [4.78, 5) is 13.6. The molecule has 0 aliphatic carbocycles. The van der Waals surface area contributed by atoms with Gasteiger partial charge in [-0.2, -0.15) is 12.1 Å². The summed E-state index contributed by atoms with van der Waals surface area (Å²) in [5.41, 5.74) is 2.49. The molecule has 3 rings (SSSR count). The van der Waals surface area contributed by atoms with Gasteiger partial charge >= 0.3 is 22.4 Å². The Morgan fingerprint density at radius 2 is 1.41 bits per heavy atom. The van der Waals surface area contributed by atoms with Crippen molar-refractivity contribution in [2.75, 3.05) is 21.2 Å². The molecule has 0 bridgehead atoms. The predicted molar refractivity (Wildman–Crippen MR) is 114 cm³/mol. The molecule has 0 aliphatic rings. The number of ether oxygens (including phenoxy) is 1. The number of carbonyl (C=O) groups excluding carboxylic acids is 1. The van der Waals surface area contributed by atoms with Crippen LogP contribution in [0.5, 0.6) is 5.75 Å². The van der Waals surface area contributed by atoms with Crippen LogP contribution in [0.2, 0.25) is 0 Å². The zero-order chi connectivity index (χ0) is 20.2. The first-order valence-corrected chi connectivity index (χ1v) is 8.83. The van der Waals surface area contributed by atoms with Crippen LogP contribution in [0.4, 0.5) is 16.2 Å². The summed E-state index contributed by atoms with van der Waals surface area (Å²) in [5, 5.41) is 7.70. The molecule has 0 heterocycles. The van der Waals surface area contributed by atoms with E-state index in [-0.39, 0.29) is 22.4 Å². The monoisotopic (exact) mass is 571 g/mol. The van der Waals surface area contributed by atoms with Crippen molar-refractivity contribution in [3.63, 3.8) is 0 Å². The van der Waals surface area contributed by atoms with Crippen LogP contribution in [0.3, 0.4) is 0 Å². The molecule has 0 aromatic heterocycles. The van der Waals surface area contributed by atoms with Crippen molar-refractivity contribution in [1.82, 2.24) is 4.90 Å². The van der Waals surface area contributed by atoms with Gasteiger partial charge in [0.05, 0.1) is 7.11 Å². The van der Waals surface area contributed by atoms with Gasteiger partial charge in [-0.3, -0.25) is 0 Å². The molecule has 0 saturated heterocycles. The van der Waals surface area contributed by atoms with E-state index in [1.807, 2.05) is 62.6 Å². The minimum atomic E-state index is -0.489. The minimum absolute atomic E-state index is 0. The first-order chi connectivity index (χ1) is 13.6. The van der Waals surface area contributed by atoms with Crippen molar-refractivity contribution in [3.8, 4) is 5.75 Å². The number of para-hydroxylation sites is 2. The number of methoxy groups -OCH3 is 1. The Balaban J connectivity index is 0.000000292. The maximum absolute atomic E-state index is 11.4. The molecular formula is C23H24AuN3O2. The van der Waals surface area contributed by atoms with Gasteiger partial charge in [-0.1, -0.05) is 60.7 Å². The molecule has 0 fully saturated rings. The summed E-state index contributed by atoms with van der Waals surface area (Å²) in [5.74, 6) is 0.789. The Morgan fingerprint density at radius 3 is 1.79 bits per heavy atom. The van der Waals surface area contributed by atoms with Crippen LogP contribution in [0.25, 0.3) is 10.6 Å². The number of hydrogen-bond acceptors (Lipinski definition) is 3. The van der Waals surface area contributed by atoms with Crippen LogP contribution >= 0.6 is 0 Å². The molecule has 0 spiro atoms. The number of nitrogens with zero attached hydrogens (tertiary/aromatic N) is 3. The van der Waals surface area contributed by atoms with Crippen molar-refractivity contribution in [1.29, 1.82) is 0 Å². The van der Waals surface area contributed by atoms with Gasteiger partial charge in [0.1, 0.15) is 0 Å². The first-order valence-electron chi connectivity index (χ1n) is 8.83. The molecule has 0 radical (unpaired) electrons. The number of rotatable bonds is 5. The molecule has 29 heavy (non-hydrogen) atoms. The molecular weight excluding hydrogens is 547 g/mol. The van der Waals surface area contributed by atoms with E-state index in [1.54, 1.807) is 31.4 Å². The quantitative estimate of drug-likeness (QED) is 0.276. The Labute approximate surface area is 188 Å². The fourth-order valence-corrected chi connectivity index (χ4v) is 2.28. The average molecular weight is 571 g/mol. The average Bonchev–Trinajstić information content (AvgIpc) is 2.70. The Kier molecular flexibility index (Phi) is 11.5. The normalized spacial score (nSPS) is 9.52. The second-order valence-corrected chi connectivity index (χ2v) is 6.18. The van der Waals surface area contributed by atoms with E-state index in [4.69, 9.17) is 4.74 Å². The summed E-state index contributed by atoms with van der Waals surface area (Å²) in [7, 11) is 5.74. The molecule has 2 amide bonds. The van der Waals surface area contributed by atoms with Crippen molar-refractivity contribution in [2.24, 2.45) is 0 Å². The zero-order valence-electron chi connectivity index (χ0n) is 16.7. The molecule has 3 aromatic rings. The fraction of sp³-hybridized carbons (Fsp3) is 0.174. The molecule has 0 saturated carbocycles. The molecule has 154 valence electrons. The number of urea groups is 1. The van der Waals surface area contributed by atoms with Crippen molar-refractivity contribution in [3.05, 3.63) is 101 Å². The van der Waals surface area contributed by atoms with Crippen LogP contribution in [0.1, 0.15) is 5.56 Å². The smallest absolute Gasteiger partial charge is 0.643 e. The Morgan fingerprint density at radius 1 is 0.897 bits per heavy atom. The summed E-state index contributed by atoms with van der Waals surface area (Å²) in [6.45, 7) is 0.945. The molecule has 6 heteroatoms. The second kappa shape index (κ2) is 13.6. The summed E-state index contributed by atoms with van der Waals surface area (Å²) in [6, 6.07) is 26.6. The Hall–Kier alpha value is -2.57. The van der Waals surface area contributed by atoms with Crippen LogP contribution in [0, 0.1) is 6.07 Å². The molecule has 0 aliphatic heterocycles. The van der Waals surface area contributed by atoms with Gasteiger partial charge in [-0.05, 0) is 26.7 Å². The van der Waals surface area contributed by atoms with Crippen molar-refractivity contribution < 1.29 is 31.9 Å². The third-order valence-corrected chi connectivity index (χ3v) is 3.53. The largest absolute Gasteiger partial charge is 3.00 e. The van der Waals surface area contributed by atoms with Crippen LogP contribution in [-0.2, 0) is 28.9 Å². The zero-order valence-corrected chi connectivity index (χ0v) is 18.8. The Bertz CT molecular complexity index is 782. The van der Waals surface area contributed by atoms with Gasteiger partial charge in [0, 0.05) is 5.75 Å². The third kappa shape index (κ3) is 9.96. The second-order valence-electron chi connectivity index (χ2n) is 6.18. The van der Waals surface area contributed by atoms with Gasteiger partial charge in [-0.15, -0.1) is 29.1 Å². The van der Waals surface area contributed by atoms with Crippen LogP contribution < -0.4 is 4.74 Å². The van der Waals surface area contributed by atoms with Gasteiger partial charge in [0.15, 0.2) is 0 Å². The maximum atomic E-state index is 11.4. The molecule has 0 unspecified atom stereocenters. The number of amides is 2. The maximum Gasteiger partial charge on any atom is 3.00 e. The topological polar surface area (TPSA) is 57.7 Å². The summed E-state index contributed by atoms with van der Waals surface area (Å²) < 4.78 is 5.00. The SMILES string of the molecule is COc1[c-]cc(CN(C)C)cc1.O=C([N-]c1ccccc1)[N-]c1ccccc1.[Au+3]. The van der Waals surface area contributed by atoms with E-state index in [0.717, 1.165) is 12.3 Å². The van der Waals surface area contributed by atoms with E-state index < -0.39 is 6.03 Å². The minimum Gasteiger partial charge on any atom is -0.643 e. The molecule has 0 atom stereocenters. The van der Waals surface area contributed by atoms with Gasteiger partial charge in [0.25, 0.3) is 0 Å². The van der Waals surface area contributed by atoms with E-state index in [1.165, 1.54) is 5.56 Å². The molecule has 0 N–H and O–H groups in total. The first kappa shape index (κ1) is 24.5. The molecule has 3 aromatic carbocycles. The van der Waals surface area contributed by atoms with Gasteiger partial charge in [0.2, 0.25) is 0 Å².